The third kappa shape index (κ3) is 3.64. The fourth-order valence-corrected chi connectivity index (χ4v) is 3.38. The monoisotopic (exact) mass is 331 g/mol. The number of ether oxygens (including phenoxy) is 1. The molecule has 128 valence electrons. The van der Waals surface area contributed by atoms with Crippen LogP contribution in [0.15, 0.2) is 36.7 Å². The van der Waals surface area contributed by atoms with Crippen molar-refractivity contribution in [1.82, 2.24) is 9.97 Å². The van der Waals surface area contributed by atoms with Crippen LogP contribution in [0.25, 0.3) is 0 Å². The maximum atomic E-state index is 13.1. The predicted octanol–water partition coefficient (Wildman–Crippen LogP) is 2.45. The van der Waals surface area contributed by atoms with E-state index in [1.807, 2.05) is 6.07 Å². The smallest absolute Gasteiger partial charge is 0.218 e. The highest BCUT2D eigenvalue weighted by Crippen LogP contribution is 2.35. The Morgan fingerprint density at radius 3 is 2.79 bits per heavy atom. The van der Waals surface area contributed by atoms with E-state index >= 15 is 0 Å². The van der Waals surface area contributed by atoms with Crippen LogP contribution >= 0.6 is 0 Å². The van der Waals surface area contributed by atoms with Gasteiger partial charge in [0.25, 0.3) is 0 Å². The summed E-state index contributed by atoms with van der Waals surface area (Å²) in [5, 5.41) is 10.1. The van der Waals surface area contributed by atoms with Crippen LogP contribution < -0.4 is 9.64 Å². The highest BCUT2D eigenvalue weighted by molar-refractivity contribution is 5.42. The molecule has 5 nitrogen and oxygen atoms in total. The first kappa shape index (κ1) is 16.6. The Labute approximate surface area is 141 Å². The van der Waals surface area contributed by atoms with Crippen molar-refractivity contribution >= 4 is 5.82 Å². The number of aliphatic hydroxyl groups is 1. The van der Waals surface area contributed by atoms with Crippen molar-refractivity contribution in [3.63, 3.8) is 0 Å². The average Bonchev–Trinajstić information content (AvgIpc) is 2.64. The Morgan fingerprint density at radius 1 is 1.29 bits per heavy atom. The Kier molecular flexibility index (Phi) is 4.94. The van der Waals surface area contributed by atoms with Gasteiger partial charge in [0.05, 0.1) is 13.7 Å². The van der Waals surface area contributed by atoms with Crippen molar-refractivity contribution in [3.8, 4) is 5.88 Å². The first-order valence-electron chi connectivity index (χ1n) is 8.10. The molecule has 1 N–H and O–H groups in total. The third-order valence-corrected chi connectivity index (χ3v) is 4.65. The van der Waals surface area contributed by atoms with E-state index in [-0.39, 0.29) is 17.8 Å². The molecule has 3 rings (SSSR count). The lowest BCUT2D eigenvalue weighted by Crippen LogP contribution is -2.47. The number of halogens is 1. The number of aliphatic hydroxyl groups excluding tert-OH is 1. The summed E-state index contributed by atoms with van der Waals surface area (Å²) in [4.78, 5) is 10.5. The minimum atomic E-state index is -0.256. The molecule has 1 aromatic heterocycles. The summed E-state index contributed by atoms with van der Waals surface area (Å²) in [6, 6.07) is 8.33. The van der Waals surface area contributed by atoms with Crippen LogP contribution in [0.4, 0.5) is 10.2 Å². The van der Waals surface area contributed by atoms with Crippen molar-refractivity contribution in [1.29, 1.82) is 0 Å². The number of methoxy groups -OCH3 is 1. The minimum absolute atomic E-state index is 0.0864. The molecule has 0 radical (unpaired) electrons. The van der Waals surface area contributed by atoms with Crippen LogP contribution in [0.3, 0.4) is 0 Å². The molecule has 0 spiro atoms. The second-order valence-corrected chi connectivity index (χ2v) is 6.41. The van der Waals surface area contributed by atoms with Crippen molar-refractivity contribution < 1.29 is 14.2 Å². The van der Waals surface area contributed by atoms with Gasteiger partial charge >= 0.3 is 0 Å². The molecule has 2 heterocycles. The summed E-state index contributed by atoms with van der Waals surface area (Å²) >= 11 is 0. The van der Waals surface area contributed by atoms with E-state index in [0.29, 0.717) is 18.8 Å². The van der Waals surface area contributed by atoms with Crippen LogP contribution in [0.5, 0.6) is 5.88 Å². The van der Waals surface area contributed by atoms with Gasteiger partial charge in [0, 0.05) is 24.6 Å². The van der Waals surface area contributed by atoms with Crippen molar-refractivity contribution in [2.24, 2.45) is 5.41 Å². The van der Waals surface area contributed by atoms with E-state index in [0.717, 1.165) is 30.8 Å². The zero-order valence-electron chi connectivity index (χ0n) is 13.8. The number of hydrogen-bond donors (Lipinski definition) is 1. The molecule has 6 heteroatoms. The van der Waals surface area contributed by atoms with Gasteiger partial charge in [-0.15, -0.1) is 0 Å². The Balaban J connectivity index is 1.79. The molecule has 1 saturated heterocycles. The van der Waals surface area contributed by atoms with Crippen molar-refractivity contribution in [2.75, 3.05) is 31.7 Å². The quantitative estimate of drug-likeness (QED) is 0.912. The number of anilines is 1. The molecule has 0 bridgehead atoms. The fraction of sp³-hybridized carbons (Fsp3) is 0.444. The SMILES string of the molecule is COc1cc(N2CCCC(CO)(Cc3ccc(F)cc3)C2)ncn1. The Morgan fingerprint density at radius 2 is 2.08 bits per heavy atom. The normalized spacial score (nSPS) is 20.9. The molecule has 1 atom stereocenters. The van der Waals surface area contributed by atoms with E-state index < -0.39 is 0 Å². The van der Waals surface area contributed by atoms with E-state index in [1.54, 1.807) is 19.2 Å². The van der Waals surface area contributed by atoms with Crippen LogP contribution in [0, 0.1) is 11.2 Å². The largest absolute Gasteiger partial charge is 0.481 e. The Hall–Kier alpha value is -2.21. The molecular weight excluding hydrogens is 309 g/mol. The van der Waals surface area contributed by atoms with Gasteiger partial charge in [-0.05, 0) is 37.0 Å². The number of piperidine rings is 1. The van der Waals surface area contributed by atoms with E-state index in [9.17, 15) is 9.50 Å². The standard InChI is InChI=1S/C18H22FN3O2/c1-24-17-9-16(20-13-21-17)22-8-2-7-18(11-22,12-23)10-14-3-5-15(19)6-4-14/h3-6,9,13,23H,2,7-8,10-12H2,1H3. The number of aromatic nitrogens is 2. The molecule has 1 unspecified atom stereocenters. The zero-order chi connectivity index (χ0) is 17.0. The van der Waals surface area contributed by atoms with Crippen LogP contribution in [-0.2, 0) is 6.42 Å². The lowest BCUT2D eigenvalue weighted by molar-refractivity contribution is 0.105. The van der Waals surface area contributed by atoms with Crippen LogP contribution in [0.1, 0.15) is 18.4 Å². The van der Waals surface area contributed by atoms with Gasteiger partial charge in [-0.1, -0.05) is 12.1 Å². The van der Waals surface area contributed by atoms with Gasteiger partial charge in [0.2, 0.25) is 5.88 Å². The molecule has 0 amide bonds. The van der Waals surface area contributed by atoms with E-state index in [4.69, 9.17) is 4.74 Å². The highest BCUT2D eigenvalue weighted by Gasteiger charge is 2.35. The first-order valence-corrected chi connectivity index (χ1v) is 8.10. The second kappa shape index (κ2) is 7.13. The summed E-state index contributed by atoms with van der Waals surface area (Å²) in [6.45, 7) is 1.66. The zero-order valence-corrected chi connectivity index (χ0v) is 13.8. The van der Waals surface area contributed by atoms with Crippen molar-refractivity contribution in [3.05, 3.63) is 48.0 Å². The number of nitrogens with zero attached hydrogens (tertiary/aromatic N) is 3. The van der Waals surface area contributed by atoms with E-state index in [1.165, 1.54) is 18.5 Å². The molecule has 1 fully saturated rings. The topological polar surface area (TPSA) is 58.5 Å². The van der Waals surface area contributed by atoms with Gasteiger partial charge < -0.3 is 14.7 Å². The number of hydrogen-bond acceptors (Lipinski definition) is 5. The van der Waals surface area contributed by atoms with E-state index in [2.05, 4.69) is 14.9 Å². The molecule has 1 aliphatic rings. The highest BCUT2D eigenvalue weighted by atomic mass is 19.1. The molecular formula is C18H22FN3O2. The fourth-order valence-electron chi connectivity index (χ4n) is 3.38. The summed E-state index contributed by atoms with van der Waals surface area (Å²) in [7, 11) is 1.58. The second-order valence-electron chi connectivity index (χ2n) is 6.41. The summed E-state index contributed by atoms with van der Waals surface area (Å²) in [5.41, 5.74) is 0.779. The number of benzene rings is 1. The third-order valence-electron chi connectivity index (χ3n) is 4.65. The maximum Gasteiger partial charge on any atom is 0.218 e. The van der Waals surface area contributed by atoms with Crippen molar-refractivity contribution in [2.45, 2.75) is 19.3 Å². The summed E-state index contributed by atoms with van der Waals surface area (Å²) < 4.78 is 18.3. The maximum absolute atomic E-state index is 13.1. The summed E-state index contributed by atoms with van der Waals surface area (Å²) in [6.07, 6.45) is 4.10. The average molecular weight is 331 g/mol. The lowest BCUT2D eigenvalue weighted by atomic mass is 9.75. The molecule has 2 aromatic rings. The van der Waals surface area contributed by atoms with Crippen LogP contribution in [0.2, 0.25) is 0 Å². The first-order chi connectivity index (χ1) is 11.6. The van der Waals surface area contributed by atoms with Gasteiger partial charge in [-0.25, -0.2) is 14.4 Å². The van der Waals surface area contributed by atoms with Gasteiger partial charge in [-0.3, -0.25) is 0 Å². The molecule has 0 saturated carbocycles. The molecule has 24 heavy (non-hydrogen) atoms. The predicted molar refractivity (Wildman–Crippen MR) is 89.7 cm³/mol. The van der Waals surface area contributed by atoms with Gasteiger partial charge in [-0.2, -0.15) is 0 Å². The molecule has 1 aromatic carbocycles. The van der Waals surface area contributed by atoms with Gasteiger partial charge in [0.15, 0.2) is 0 Å². The van der Waals surface area contributed by atoms with Crippen LogP contribution in [-0.4, -0.2) is 41.9 Å². The number of rotatable bonds is 5. The Bertz CT molecular complexity index is 680. The van der Waals surface area contributed by atoms with Gasteiger partial charge in [0.1, 0.15) is 18.0 Å². The molecule has 1 aliphatic heterocycles. The lowest BCUT2D eigenvalue weighted by Gasteiger charge is -2.42. The summed E-state index contributed by atoms with van der Waals surface area (Å²) in [5.74, 6) is 1.09. The minimum Gasteiger partial charge on any atom is -0.481 e. The molecule has 0 aliphatic carbocycles.